The first-order valence-corrected chi connectivity index (χ1v) is 21.5. The molecule has 0 aliphatic carbocycles. The fourth-order valence-electron chi connectivity index (χ4n) is 4.61. The third kappa shape index (κ3) is 17.5. The number of rotatable bonds is 18. The molecule has 8 heteroatoms. The smallest absolute Gasteiger partial charge is 0.107 e. The van der Waals surface area contributed by atoms with E-state index in [4.69, 9.17) is 23.2 Å². The van der Waals surface area contributed by atoms with Crippen molar-refractivity contribution in [2.75, 3.05) is 55.5 Å². The van der Waals surface area contributed by atoms with Gasteiger partial charge in [-0.3, -0.25) is 0 Å². The van der Waals surface area contributed by atoms with Crippen molar-refractivity contribution in [2.45, 2.75) is 110 Å². The summed E-state index contributed by atoms with van der Waals surface area (Å²) in [5.41, 5.74) is 1.62. The molecule has 0 aliphatic heterocycles. The predicted molar refractivity (Wildman–Crippen MR) is 169 cm³/mol. The molecule has 0 saturated heterocycles. The van der Waals surface area contributed by atoms with Crippen molar-refractivity contribution in [3.8, 4) is 0 Å². The Kier molecular flexibility index (Phi) is 37.3. The fourth-order valence-corrected chi connectivity index (χ4v) is 17.8. The Morgan fingerprint density at radius 1 is 0.559 bits per heavy atom. The minimum Gasteiger partial charge on any atom is -0.107 e. The number of hydrogen-bond donors (Lipinski definition) is 0. The van der Waals surface area contributed by atoms with Crippen LogP contribution >= 0.6 is 54.9 Å². The number of hydrogen-bond acceptors (Lipinski definition) is 0. The van der Waals surface area contributed by atoms with Crippen molar-refractivity contribution in [1.82, 2.24) is 0 Å². The van der Waals surface area contributed by atoms with Crippen LogP contribution in [0, 0.1) is 0 Å². The maximum Gasteiger partial charge on any atom is 0.143 e. The van der Waals surface area contributed by atoms with Crippen LogP contribution in [0.4, 0.5) is 0 Å². The van der Waals surface area contributed by atoms with Crippen LogP contribution in [-0.4, -0.2) is 70.8 Å². The molecule has 0 N–H and O–H groups in total. The zero-order valence-corrected chi connectivity index (χ0v) is 33.4. The quantitative estimate of drug-likeness (QED) is 0.0730. The van der Waals surface area contributed by atoms with E-state index < -0.39 is 4.07 Å². The van der Waals surface area contributed by atoms with Crippen LogP contribution in [0.25, 0.3) is 0 Å². The molecule has 0 spiro atoms. The molecule has 218 valence electrons. The molecule has 0 fully saturated rings. The Morgan fingerprint density at radius 3 is 1.26 bits per heavy atom. The van der Waals surface area contributed by atoms with E-state index in [1.807, 2.05) is 0 Å². The molecule has 0 nitrogen and oxygen atoms in total. The summed E-state index contributed by atoms with van der Waals surface area (Å²) in [6.07, 6.45) is 17.5. The fraction of sp³-hybridized carbons (Fsp3) is 1.00. The van der Waals surface area contributed by atoms with Crippen molar-refractivity contribution in [3.05, 3.63) is 0 Å². The van der Waals surface area contributed by atoms with Crippen molar-refractivity contribution < 1.29 is 44.8 Å². The Morgan fingerprint density at radius 2 is 0.971 bits per heavy atom. The molecule has 0 bridgehead atoms. The molecular formula is C26H58Au2Cl2P4. The largest absolute Gasteiger partial charge is 0.143 e. The van der Waals surface area contributed by atoms with Gasteiger partial charge in [0, 0.05) is 50.4 Å². The third-order valence-corrected chi connectivity index (χ3v) is 21.2. The molecule has 2 unspecified atom stereocenters. The molecule has 2 radical (unpaired) electrons. The first-order chi connectivity index (χ1) is 15.2. The molecule has 0 saturated carbocycles. The van der Waals surface area contributed by atoms with Crippen LogP contribution in [-0.2, 0) is 44.8 Å². The minimum atomic E-state index is -0.452. The summed E-state index contributed by atoms with van der Waals surface area (Å²) in [6, 6.07) is 0. The second kappa shape index (κ2) is 28.3. The van der Waals surface area contributed by atoms with Gasteiger partial charge in [-0.1, -0.05) is 113 Å². The predicted octanol–water partition coefficient (Wildman–Crippen LogP) is 11.5. The van der Waals surface area contributed by atoms with Crippen LogP contribution < -0.4 is 0 Å². The van der Waals surface area contributed by atoms with Gasteiger partial charge in [0.1, 0.15) is 4.07 Å². The Balaban J connectivity index is -0.000000252. The van der Waals surface area contributed by atoms with E-state index in [0.717, 1.165) is 18.0 Å². The van der Waals surface area contributed by atoms with Crippen molar-refractivity contribution in [2.24, 2.45) is 0 Å². The molecule has 0 heterocycles. The molecular weight excluding hydrogens is 901 g/mol. The van der Waals surface area contributed by atoms with E-state index >= 15 is 0 Å². The third-order valence-electron chi connectivity index (χ3n) is 6.72. The summed E-state index contributed by atoms with van der Waals surface area (Å²) in [5.74, 6) is 0. The second-order valence-electron chi connectivity index (χ2n) is 8.44. The number of alkyl halides is 2. The SMILES string of the molecule is CCCC(CP(CC)CC)P(CC)CC.CCCC(P(CC)CC)C(Cl)(Cl)P(CC)CC.[Au].[Au]. The van der Waals surface area contributed by atoms with Gasteiger partial charge in [-0.25, -0.2) is 0 Å². The molecule has 0 amide bonds. The molecule has 0 aromatic heterocycles. The zero-order valence-electron chi connectivity index (χ0n) is 24.0. The van der Waals surface area contributed by atoms with Gasteiger partial charge >= 0.3 is 0 Å². The van der Waals surface area contributed by atoms with Gasteiger partial charge in [0.2, 0.25) is 0 Å². The summed E-state index contributed by atoms with van der Waals surface area (Å²) in [7, 11) is 0.460. The average molecular weight is 959 g/mol. The molecule has 0 rings (SSSR count). The standard InChI is InChI=1S/C13H28Cl2P2.C13H30P2.2Au/c1-6-11-12(16(7-2)8-3)13(14,15)17(9-4)10-5;1-6-11-13(15(9-4)10-5)12-14(7-2)8-3;;/h12H,6-11H2,1-5H3;13H,6-12H2,1-5H3;;. The number of halogens is 2. The summed E-state index contributed by atoms with van der Waals surface area (Å²) in [4.78, 5) is 0. The normalized spacial score (nSPS) is 13.4. The van der Waals surface area contributed by atoms with Crippen molar-refractivity contribution >= 4 is 54.9 Å². The summed E-state index contributed by atoms with van der Waals surface area (Å²) in [6.45, 7) is 23.2. The molecule has 0 aromatic rings. The molecule has 34 heavy (non-hydrogen) atoms. The monoisotopic (exact) mass is 958 g/mol. The summed E-state index contributed by atoms with van der Waals surface area (Å²) < 4.78 is -0.452. The van der Waals surface area contributed by atoms with E-state index in [1.54, 1.807) is 6.16 Å². The van der Waals surface area contributed by atoms with Crippen molar-refractivity contribution in [1.29, 1.82) is 0 Å². The Hall–Kier alpha value is 3.78. The van der Waals surface area contributed by atoms with E-state index in [-0.39, 0.29) is 60.6 Å². The maximum absolute atomic E-state index is 6.81. The van der Waals surface area contributed by atoms with Crippen LogP contribution in [0.5, 0.6) is 0 Å². The van der Waals surface area contributed by atoms with Gasteiger partial charge in [0.15, 0.2) is 0 Å². The van der Waals surface area contributed by atoms with Gasteiger partial charge in [-0.15, -0.1) is 23.8 Å². The van der Waals surface area contributed by atoms with Crippen LogP contribution in [0.2, 0.25) is 0 Å². The Bertz CT molecular complexity index is 404. The molecule has 0 aliphatic rings. The van der Waals surface area contributed by atoms with Crippen molar-refractivity contribution in [3.63, 3.8) is 0 Å². The van der Waals surface area contributed by atoms with E-state index in [0.29, 0.717) is 21.5 Å². The van der Waals surface area contributed by atoms with Gasteiger partial charge in [-0.2, -0.15) is 0 Å². The van der Waals surface area contributed by atoms with Crippen LogP contribution in [0.15, 0.2) is 0 Å². The van der Waals surface area contributed by atoms with Gasteiger partial charge in [-0.05, 0) is 74.0 Å². The second-order valence-corrected chi connectivity index (χ2v) is 22.6. The first kappa shape index (κ1) is 44.8. The van der Waals surface area contributed by atoms with E-state index in [9.17, 15) is 0 Å². The van der Waals surface area contributed by atoms with Gasteiger partial charge in [0.05, 0.1) is 0 Å². The minimum absolute atomic E-state index is 0. The molecule has 0 aromatic carbocycles. The Labute approximate surface area is 263 Å². The average Bonchev–Trinajstić information content (AvgIpc) is 2.79. The van der Waals surface area contributed by atoms with Crippen LogP contribution in [0.1, 0.15) is 94.9 Å². The summed E-state index contributed by atoms with van der Waals surface area (Å²) in [5, 5.41) is 0. The topological polar surface area (TPSA) is 0 Å². The van der Waals surface area contributed by atoms with Gasteiger partial charge < -0.3 is 0 Å². The maximum atomic E-state index is 6.81. The van der Waals surface area contributed by atoms with E-state index in [2.05, 4.69) is 69.2 Å². The summed E-state index contributed by atoms with van der Waals surface area (Å²) >= 11 is 13.6. The zero-order chi connectivity index (χ0) is 25.2. The van der Waals surface area contributed by atoms with Crippen LogP contribution in [0.3, 0.4) is 0 Å². The molecule has 2 atom stereocenters. The van der Waals surface area contributed by atoms with Gasteiger partial charge in [0.25, 0.3) is 0 Å². The van der Waals surface area contributed by atoms with E-state index in [1.165, 1.54) is 62.7 Å². The first-order valence-electron chi connectivity index (χ1n) is 13.5.